The molecule has 3 rings (SSSR count). The molecule has 2 unspecified atom stereocenters. The van der Waals surface area contributed by atoms with Crippen molar-refractivity contribution in [1.82, 2.24) is 5.32 Å². The van der Waals surface area contributed by atoms with E-state index in [9.17, 15) is 9.59 Å². The number of hydrogen-bond acceptors (Lipinski definition) is 4. The van der Waals surface area contributed by atoms with E-state index >= 15 is 0 Å². The molecule has 2 aromatic carbocycles. The van der Waals surface area contributed by atoms with Gasteiger partial charge in [0.2, 0.25) is 11.8 Å². The van der Waals surface area contributed by atoms with Gasteiger partial charge in [0.15, 0.2) is 0 Å². The van der Waals surface area contributed by atoms with Crippen LogP contribution in [0.3, 0.4) is 0 Å². The van der Waals surface area contributed by atoms with Gasteiger partial charge in [-0.25, -0.2) is 0 Å². The van der Waals surface area contributed by atoms with Crippen LogP contribution in [0.2, 0.25) is 0 Å². The highest BCUT2D eigenvalue weighted by Gasteiger charge is 2.47. The highest BCUT2D eigenvalue weighted by atomic mass is 16.5. The first-order valence-corrected chi connectivity index (χ1v) is 9.94. The third kappa shape index (κ3) is 5.98. The maximum absolute atomic E-state index is 12.4. The highest BCUT2D eigenvalue weighted by Crippen LogP contribution is 2.39. The Balaban J connectivity index is 1.40. The van der Waals surface area contributed by atoms with Crippen LogP contribution in [0.4, 0.5) is 5.69 Å². The van der Waals surface area contributed by atoms with Crippen LogP contribution < -0.4 is 20.1 Å². The van der Waals surface area contributed by atoms with Gasteiger partial charge in [-0.1, -0.05) is 12.1 Å². The fourth-order valence-electron chi connectivity index (χ4n) is 3.15. The summed E-state index contributed by atoms with van der Waals surface area (Å²) in [6.07, 6.45) is 1.43. The molecule has 2 amide bonds. The summed E-state index contributed by atoms with van der Waals surface area (Å²) in [5, 5.41) is 5.80. The van der Waals surface area contributed by atoms with Crippen molar-refractivity contribution in [3.05, 3.63) is 54.1 Å². The van der Waals surface area contributed by atoms with E-state index in [0.717, 1.165) is 23.5 Å². The fourth-order valence-corrected chi connectivity index (χ4v) is 3.15. The lowest BCUT2D eigenvalue weighted by molar-refractivity contribution is -0.125. The first-order valence-electron chi connectivity index (χ1n) is 9.94. The van der Waals surface area contributed by atoms with Crippen molar-refractivity contribution in [3.63, 3.8) is 0 Å². The van der Waals surface area contributed by atoms with Gasteiger partial charge in [-0.2, -0.15) is 0 Å². The van der Waals surface area contributed by atoms with Gasteiger partial charge in [0.25, 0.3) is 0 Å². The first kappa shape index (κ1) is 20.7. The Bertz CT molecular complexity index is 831. The average molecular weight is 396 g/mol. The Hall–Kier alpha value is -3.02. The molecule has 2 atom stereocenters. The molecule has 0 spiro atoms. The molecule has 0 saturated heterocycles. The zero-order valence-electron chi connectivity index (χ0n) is 17.1. The van der Waals surface area contributed by atoms with E-state index in [1.54, 1.807) is 7.11 Å². The quantitative estimate of drug-likeness (QED) is 0.681. The summed E-state index contributed by atoms with van der Waals surface area (Å²) in [6, 6.07) is 15.0. The largest absolute Gasteiger partial charge is 0.497 e. The van der Waals surface area contributed by atoms with Crippen LogP contribution in [-0.4, -0.2) is 31.6 Å². The van der Waals surface area contributed by atoms with Crippen LogP contribution >= 0.6 is 0 Å². The number of ether oxygens (including phenoxy) is 2. The van der Waals surface area contributed by atoms with E-state index in [-0.39, 0.29) is 29.8 Å². The predicted molar refractivity (Wildman–Crippen MR) is 112 cm³/mol. The SMILES string of the molecule is COc1ccc(CCNC(=O)C2CC2C(=O)Nc2ccc(OC(C)C)cc2)cc1. The van der Waals surface area contributed by atoms with Crippen molar-refractivity contribution < 1.29 is 19.1 Å². The maximum Gasteiger partial charge on any atom is 0.228 e. The molecule has 0 aliphatic heterocycles. The molecule has 1 fully saturated rings. The van der Waals surface area contributed by atoms with Gasteiger partial charge in [0.1, 0.15) is 11.5 Å². The van der Waals surface area contributed by atoms with Crippen molar-refractivity contribution in [2.75, 3.05) is 19.0 Å². The van der Waals surface area contributed by atoms with Crippen LogP contribution in [0, 0.1) is 11.8 Å². The normalized spacial score (nSPS) is 17.5. The second-order valence-corrected chi connectivity index (χ2v) is 7.52. The van der Waals surface area contributed by atoms with E-state index in [1.807, 2.05) is 62.4 Å². The summed E-state index contributed by atoms with van der Waals surface area (Å²) >= 11 is 0. The summed E-state index contributed by atoms with van der Waals surface area (Å²) in [4.78, 5) is 24.7. The number of benzene rings is 2. The minimum Gasteiger partial charge on any atom is -0.497 e. The van der Waals surface area contributed by atoms with E-state index < -0.39 is 0 Å². The van der Waals surface area contributed by atoms with Crippen LogP contribution in [0.5, 0.6) is 11.5 Å². The van der Waals surface area contributed by atoms with E-state index in [2.05, 4.69) is 10.6 Å². The second-order valence-electron chi connectivity index (χ2n) is 7.52. The Morgan fingerprint density at radius 1 is 0.966 bits per heavy atom. The lowest BCUT2D eigenvalue weighted by Gasteiger charge is -2.10. The molecule has 0 bridgehead atoms. The van der Waals surface area contributed by atoms with Crippen molar-refractivity contribution in [1.29, 1.82) is 0 Å². The molecule has 2 aromatic rings. The highest BCUT2D eigenvalue weighted by molar-refractivity contribution is 5.99. The molecular formula is C23H28N2O4. The summed E-state index contributed by atoms with van der Waals surface area (Å²) in [6.45, 7) is 4.48. The molecule has 2 N–H and O–H groups in total. The lowest BCUT2D eigenvalue weighted by Crippen LogP contribution is -2.29. The van der Waals surface area contributed by atoms with Gasteiger partial charge in [-0.05, 0) is 68.7 Å². The second kappa shape index (κ2) is 9.45. The zero-order chi connectivity index (χ0) is 20.8. The number of nitrogens with one attached hydrogen (secondary N) is 2. The molecule has 0 radical (unpaired) electrons. The van der Waals surface area contributed by atoms with Gasteiger partial charge in [-0.3, -0.25) is 9.59 Å². The smallest absolute Gasteiger partial charge is 0.228 e. The van der Waals surface area contributed by atoms with Crippen LogP contribution in [0.25, 0.3) is 0 Å². The van der Waals surface area contributed by atoms with Crippen molar-refractivity contribution in [2.45, 2.75) is 32.8 Å². The van der Waals surface area contributed by atoms with Gasteiger partial charge < -0.3 is 20.1 Å². The van der Waals surface area contributed by atoms with Crippen LogP contribution in [0.15, 0.2) is 48.5 Å². The van der Waals surface area contributed by atoms with Crippen LogP contribution in [0.1, 0.15) is 25.8 Å². The van der Waals surface area contributed by atoms with E-state index in [1.165, 1.54) is 0 Å². The monoisotopic (exact) mass is 396 g/mol. The summed E-state index contributed by atoms with van der Waals surface area (Å²) in [5.74, 6) is 0.902. The summed E-state index contributed by atoms with van der Waals surface area (Å²) in [7, 11) is 1.63. The summed E-state index contributed by atoms with van der Waals surface area (Å²) in [5.41, 5.74) is 1.83. The van der Waals surface area contributed by atoms with E-state index in [4.69, 9.17) is 9.47 Å². The molecule has 1 aliphatic carbocycles. The average Bonchev–Trinajstić information content (AvgIpc) is 3.51. The standard InChI is InChI=1S/C23H28N2O4/c1-15(2)29-19-10-6-17(7-11-19)25-23(27)21-14-20(21)22(26)24-13-12-16-4-8-18(28-3)9-5-16/h4-11,15,20-21H,12-14H2,1-3H3,(H,24,26)(H,25,27). The minimum absolute atomic E-state index is 0.0562. The van der Waals surface area contributed by atoms with Crippen LogP contribution in [-0.2, 0) is 16.0 Å². The van der Waals surface area contributed by atoms with Gasteiger partial charge in [0, 0.05) is 12.2 Å². The minimum atomic E-state index is -0.262. The molecule has 0 heterocycles. The Kier molecular flexibility index (Phi) is 6.75. The van der Waals surface area contributed by atoms with E-state index in [0.29, 0.717) is 18.7 Å². The molecule has 1 saturated carbocycles. The van der Waals surface area contributed by atoms with Crippen molar-refractivity contribution >= 4 is 17.5 Å². The molecule has 0 aromatic heterocycles. The number of carbonyl (C=O) groups excluding carboxylic acids is 2. The third-order valence-electron chi connectivity index (χ3n) is 4.83. The summed E-state index contributed by atoms with van der Waals surface area (Å²) < 4.78 is 10.7. The lowest BCUT2D eigenvalue weighted by atomic mass is 10.1. The molecule has 29 heavy (non-hydrogen) atoms. The Morgan fingerprint density at radius 2 is 1.59 bits per heavy atom. The molecule has 6 nitrogen and oxygen atoms in total. The number of rotatable bonds is 9. The van der Waals surface area contributed by atoms with Gasteiger partial charge in [0.05, 0.1) is 25.0 Å². The third-order valence-corrected chi connectivity index (χ3v) is 4.83. The number of carbonyl (C=O) groups is 2. The molecule has 1 aliphatic rings. The van der Waals surface area contributed by atoms with Gasteiger partial charge >= 0.3 is 0 Å². The van der Waals surface area contributed by atoms with Crippen molar-refractivity contribution in [2.24, 2.45) is 11.8 Å². The Labute approximate surface area is 171 Å². The number of hydrogen-bond donors (Lipinski definition) is 2. The molecular weight excluding hydrogens is 368 g/mol. The molecule has 6 heteroatoms. The topological polar surface area (TPSA) is 76.7 Å². The predicted octanol–water partition coefficient (Wildman–Crippen LogP) is 3.42. The van der Waals surface area contributed by atoms with Gasteiger partial charge in [-0.15, -0.1) is 0 Å². The first-order chi connectivity index (χ1) is 14.0. The van der Waals surface area contributed by atoms with Crippen molar-refractivity contribution in [3.8, 4) is 11.5 Å². The fraction of sp³-hybridized carbons (Fsp3) is 0.391. The number of amides is 2. The number of anilines is 1. The Morgan fingerprint density at radius 3 is 2.21 bits per heavy atom. The molecule has 154 valence electrons. The number of methoxy groups -OCH3 is 1. The maximum atomic E-state index is 12.4. The zero-order valence-corrected chi connectivity index (χ0v) is 17.1.